The summed E-state index contributed by atoms with van der Waals surface area (Å²) >= 11 is 0. The SMILES string of the molecule is COc1ccc2c(CC(=O)Nc3ccccc3C(=O)N3CCOCC3)coc2c1. The maximum absolute atomic E-state index is 12.8. The molecule has 1 fully saturated rings. The van der Waals surface area contributed by atoms with E-state index in [4.69, 9.17) is 13.9 Å². The van der Waals surface area contributed by atoms with Crippen molar-refractivity contribution in [3.05, 3.63) is 59.9 Å². The number of nitrogens with zero attached hydrogens (tertiary/aromatic N) is 1. The summed E-state index contributed by atoms with van der Waals surface area (Å²) in [5.74, 6) is 0.370. The molecule has 7 nitrogen and oxygen atoms in total. The first kappa shape index (κ1) is 19.0. The van der Waals surface area contributed by atoms with E-state index in [0.717, 1.165) is 10.9 Å². The maximum atomic E-state index is 12.8. The second-order valence-electron chi connectivity index (χ2n) is 6.80. The van der Waals surface area contributed by atoms with Crippen LogP contribution >= 0.6 is 0 Å². The molecule has 2 amide bonds. The number of rotatable bonds is 5. The van der Waals surface area contributed by atoms with E-state index in [9.17, 15) is 9.59 Å². The number of furan rings is 1. The standard InChI is InChI=1S/C22H22N2O5/c1-27-16-6-7-17-15(14-29-20(17)13-16)12-21(25)23-19-5-3-2-4-18(19)22(26)24-8-10-28-11-9-24/h2-7,13-14H,8-12H2,1H3,(H,23,25). The highest BCUT2D eigenvalue weighted by atomic mass is 16.5. The highest BCUT2D eigenvalue weighted by Gasteiger charge is 2.22. The molecule has 0 spiro atoms. The van der Waals surface area contributed by atoms with Crippen molar-refractivity contribution in [2.75, 3.05) is 38.7 Å². The Bertz CT molecular complexity index is 1040. The molecule has 0 aliphatic carbocycles. The summed E-state index contributed by atoms with van der Waals surface area (Å²) in [4.78, 5) is 27.3. The van der Waals surface area contributed by atoms with Crippen LogP contribution in [0.2, 0.25) is 0 Å². The van der Waals surface area contributed by atoms with Crippen LogP contribution in [0.25, 0.3) is 11.0 Å². The van der Waals surface area contributed by atoms with Crippen molar-refractivity contribution in [2.45, 2.75) is 6.42 Å². The molecule has 0 unspecified atom stereocenters. The summed E-state index contributed by atoms with van der Waals surface area (Å²) in [6.45, 7) is 2.15. The number of benzene rings is 2. The Morgan fingerprint density at radius 3 is 2.72 bits per heavy atom. The third kappa shape index (κ3) is 4.09. The zero-order valence-corrected chi connectivity index (χ0v) is 16.1. The van der Waals surface area contributed by atoms with Crippen LogP contribution in [0.4, 0.5) is 5.69 Å². The number of hydrogen-bond donors (Lipinski definition) is 1. The Balaban J connectivity index is 1.50. The Hall–Kier alpha value is -3.32. The van der Waals surface area contributed by atoms with Crippen LogP contribution in [0.5, 0.6) is 5.75 Å². The average Bonchev–Trinajstić information content (AvgIpc) is 3.16. The Labute approximate surface area is 168 Å². The fourth-order valence-electron chi connectivity index (χ4n) is 3.41. The van der Waals surface area contributed by atoms with E-state index in [2.05, 4.69) is 5.32 Å². The van der Waals surface area contributed by atoms with Crippen LogP contribution in [0.3, 0.4) is 0 Å². The zero-order chi connectivity index (χ0) is 20.2. The van der Waals surface area contributed by atoms with Gasteiger partial charge >= 0.3 is 0 Å². The Kier molecular flexibility index (Phi) is 5.48. The first-order valence-corrected chi connectivity index (χ1v) is 9.46. The first-order valence-electron chi connectivity index (χ1n) is 9.46. The molecule has 2 aromatic carbocycles. The summed E-state index contributed by atoms with van der Waals surface area (Å²) in [5.41, 5.74) is 2.42. The monoisotopic (exact) mass is 394 g/mol. The maximum Gasteiger partial charge on any atom is 0.256 e. The van der Waals surface area contributed by atoms with Crippen molar-refractivity contribution in [3.8, 4) is 5.75 Å². The average molecular weight is 394 g/mol. The highest BCUT2D eigenvalue weighted by Crippen LogP contribution is 2.26. The van der Waals surface area contributed by atoms with Gasteiger partial charge in [-0.2, -0.15) is 0 Å². The van der Waals surface area contributed by atoms with Crippen LogP contribution in [-0.4, -0.2) is 50.1 Å². The molecule has 1 aliphatic heterocycles. The van der Waals surface area contributed by atoms with Gasteiger partial charge in [0.2, 0.25) is 5.91 Å². The zero-order valence-electron chi connectivity index (χ0n) is 16.1. The minimum atomic E-state index is -0.217. The molecule has 0 bridgehead atoms. The molecule has 0 atom stereocenters. The topological polar surface area (TPSA) is 81.0 Å². The van der Waals surface area contributed by atoms with Gasteiger partial charge in [0.25, 0.3) is 5.91 Å². The predicted octanol–water partition coefficient (Wildman–Crippen LogP) is 3.10. The van der Waals surface area contributed by atoms with E-state index in [1.807, 2.05) is 12.1 Å². The third-order valence-electron chi connectivity index (χ3n) is 4.94. The number of amides is 2. The molecule has 1 aromatic heterocycles. The summed E-state index contributed by atoms with van der Waals surface area (Å²) in [7, 11) is 1.59. The molecule has 1 N–H and O–H groups in total. The van der Waals surface area contributed by atoms with Gasteiger partial charge in [0.15, 0.2) is 0 Å². The van der Waals surface area contributed by atoms with Gasteiger partial charge < -0.3 is 24.1 Å². The normalized spacial score (nSPS) is 14.0. The lowest BCUT2D eigenvalue weighted by Crippen LogP contribution is -2.41. The smallest absolute Gasteiger partial charge is 0.256 e. The van der Waals surface area contributed by atoms with E-state index in [1.54, 1.807) is 48.6 Å². The van der Waals surface area contributed by atoms with Gasteiger partial charge in [-0.1, -0.05) is 12.1 Å². The summed E-state index contributed by atoms with van der Waals surface area (Å²) in [5, 5.41) is 3.73. The molecule has 7 heteroatoms. The van der Waals surface area contributed by atoms with Gasteiger partial charge in [0.05, 0.1) is 44.3 Å². The van der Waals surface area contributed by atoms with Crippen LogP contribution < -0.4 is 10.1 Å². The molecule has 2 heterocycles. The van der Waals surface area contributed by atoms with E-state index >= 15 is 0 Å². The molecule has 29 heavy (non-hydrogen) atoms. The van der Waals surface area contributed by atoms with Crippen molar-refractivity contribution >= 4 is 28.5 Å². The van der Waals surface area contributed by atoms with Crippen molar-refractivity contribution < 1.29 is 23.5 Å². The third-order valence-corrected chi connectivity index (χ3v) is 4.94. The lowest BCUT2D eigenvalue weighted by molar-refractivity contribution is -0.115. The fraction of sp³-hybridized carbons (Fsp3) is 0.273. The van der Waals surface area contributed by atoms with Gasteiger partial charge in [-0.25, -0.2) is 0 Å². The number of fused-ring (bicyclic) bond motifs is 1. The molecule has 3 aromatic rings. The molecule has 1 saturated heterocycles. The molecule has 0 saturated carbocycles. The van der Waals surface area contributed by atoms with Crippen LogP contribution in [-0.2, 0) is 16.0 Å². The first-order chi connectivity index (χ1) is 14.2. The second kappa shape index (κ2) is 8.36. The Morgan fingerprint density at radius 1 is 1.14 bits per heavy atom. The number of ether oxygens (including phenoxy) is 2. The number of para-hydroxylation sites is 1. The lowest BCUT2D eigenvalue weighted by Gasteiger charge is -2.27. The summed E-state index contributed by atoms with van der Waals surface area (Å²) in [6, 6.07) is 12.5. The number of anilines is 1. The Morgan fingerprint density at radius 2 is 1.93 bits per heavy atom. The van der Waals surface area contributed by atoms with Gasteiger partial charge in [-0.3, -0.25) is 9.59 Å². The molecular weight excluding hydrogens is 372 g/mol. The number of carbonyl (C=O) groups is 2. The van der Waals surface area contributed by atoms with Crippen LogP contribution in [0, 0.1) is 0 Å². The summed E-state index contributed by atoms with van der Waals surface area (Å²) in [6.07, 6.45) is 1.72. The van der Waals surface area contributed by atoms with Crippen molar-refractivity contribution in [1.82, 2.24) is 4.90 Å². The molecule has 1 aliphatic rings. The van der Waals surface area contributed by atoms with Gasteiger partial charge in [-0.05, 0) is 24.3 Å². The van der Waals surface area contributed by atoms with Crippen molar-refractivity contribution in [2.24, 2.45) is 0 Å². The van der Waals surface area contributed by atoms with E-state index in [1.165, 1.54) is 0 Å². The molecule has 150 valence electrons. The minimum absolute atomic E-state index is 0.106. The number of hydrogen-bond acceptors (Lipinski definition) is 5. The van der Waals surface area contributed by atoms with E-state index in [-0.39, 0.29) is 18.2 Å². The van der Waals surface area contributed by atoms with Crippen LogP contribution in [0.15, 0.2) is 53.1 Å². The number of methoxy groups -OCH3 is 1. The minimum Gasteiger partial charge on any atom is -0.497 e. The highest BCUT2D eigenvalue weighted by molar-refractivity contribution is 6.04. The molecular formula is C22H22N2O5. The quantitative estimate of drug-likeness (QED) is 0.719. The van der Waals surface area contributed by atoms with Crippen molar-refractivity contribution in [1.29, 1.82) is 0 Å². The number of carbonyl (C=O) groups excluding carboxylic acids is 2. The summed E-state index contributed by atoms with van der Waals surface area (Å²) < 4.78 is 16.1. The van der Waals surface area contributed by atoms with Crippen LogP contribution in [0.1, 0.15) is 15.9 Å². The van der Waals surface area contributed by atoms with Gasteiger partial charge in [0.1, 0.15) is 11.3 Å². The number of morpholine rings is 1. The molecule has 0 radical (unpaired) electrons. The number of nitrogens with one attached hydrogen (secondary N) is 1. The van der Waals surface area contributed by atoms with E-state index < -0.39 is 0 Å². The molecule has 4 rings (SSSR count). The largest absolute Gasteiger partial charge is 0.497 e. The lowest BCUT2D eigenvalue weighted by atomic mass is 10.1. The van der Waals surface area contributed by atoms with Gasteiger partial charge in [0, 0.05) is 30.1 Å². The van der Waals surface area contributed by atoms with E-state index in [0.29, 0.717) is 48.9 Å². The predicted molar refractivity (Wildman–Crippen MR) is 108 cm³/mol. The second-order valence-corrected chi connectivity index (χ2v) is 6.80. The van der Waals surface area contributed by atoms with Crippen molar-refractivity contribution in [3.63, 3.8) is 0 Å². The van der Waals surface area contributed by atoms with Gasteiger partial charge in [-0.15, -0.1) is 0 Å². The fourth-order valence-corrected chi connectivity index (χ4v) is 3.41.